The number of anilines is 1. The summed E-state index contributed by atoms with van der Waals surface area (Å²) in [5.74, 6) is 0. The topological polar surface area (TPSA) is 38.0 Å². The molecule has 1 aromatic carbocycles. The summed E-state index contributed by atoms with van der Waals surface area (Å²) in [5, 5.41) is 5.51. The highest BCUT2D eigenvalue weighted by atomic mass is 32.1. The molecule has 0 bridgehead atoms. The van der Waals surface area contributed by atoms with Crippen LogP contribution in [0.4, 0.5) is 5.69 Å². The van der Waals surface area contributed by atoms with Crippen LogP contribution in [0.1, 0.15) is 22.0 Å². The van der Waals surface area contributed by atoms with Crippen molar-refractivity contribution in [1.29, 1.82) is 0 Å². The number of para-hydroxylation sites is 1. The van der Waals surface area contributed by atoms with Crippen molar-refractivity contribution >= 4 is 17.0 Å². The molecule has 0 aliphatic heterocycles. The van der Waals surface area contributed by atoms with Gasteiger partial charge in [0, 0.05) is 16.6 Å². The van der Waals surface area contributed by atoms with Gasteiger partial charge in [-0.25, -0.2) is 0 Å². The van der Waals surface area contributed by atoms with Crippen molar-refractivity contribution in [1.82, 2.24) is 5.32 Å². The predicted octanol–water partition coefficient (Wildman–Crippen LogP) is 3.14. The minimum absolute atomic E-state index is 0.339. The van der Waals surface area contributed by atoms with Gasteiger partial charge in [0.15, 0.2) is 0 Å². The first-order valence-corrected chi connectivity index (χ1v) is 6.65. The molecule has 1 unspecified atom stereocenters. The van der Waals surface area contributed by atoms with Crippen LogP contribution in [-0.4, -0.2) is 7.05 Å². The van der Waals surface area contributed by atoms with E-state index in [9.17, 15) is 0 Å². The van der Waals surface area contributed by atoms with Gasteiger partial charge in [0.1, 0.15) is 0 Å². The number of nitrogen functional groups attached to an aromatic ring is 1. The fourth-order valence-electron chi connectivity index (χ4n) is 2.06. The number of benzene rings is 1. The standard InChI is InChI=1S/C14H18N2S/c1-10-12(7-8-17-10)14(16-2)9-11-5-3-4-6-13(11)15/h3-8,14,16H,9,15H2,1-2H3. The van der Waals surface area contributed by atoms with Crippen molar-refractivity contribution in [3.8, 4) is 0 Å². The molecule has 3 heteroatoms. The Morgan fingerprint density at radius 2 is 2.06 bits per heavy atom. The Balaban J connectivity index is 2.22. The van der Waals surface area contributed by atoms with E-state index in [0.717, 1.165) is 12.1 Å². The van der Waals surface area contributed by atoms with E-state index in [1.807, 2.05) is 25.2 Å². The van der Waals surface area contributed by atoms with Crippen molar-refractivity contribution in [2.75, 3.05) is 12.8 Å². The molecule has 0 aliphatic rings. The van der Waals surface area contributed by atoms with E-state index in [1.165, 1.54) is 16.0 Å². The number of likely N-dealkylation sites (N-methyl/N-ethyl adjacent to an activating group) is 1. The van der Waals surface area contributed by atoms with Crippen LogP contribution < -0.4 is 11.1 Å². The van der Waals surface area contributed by atoms with Crippen molar-refractivity contribution in [2.24, 2.45) is 0 Å². The lowest BCUT2D eigenvalue weighted by Crippen LogP contribution is -2.19. The van der Waals surface area contributed by atoms with Gasteiger partial charge in [0.25, 0.3) is 0 Å². The van der Waals surface area contributed by atoms with Crippen LogP contribution in [0.25, 0.3) is 0 Å². The SMILES string of the molecule is CNC(Cc1ccccc1N)c1ccsc1C. The Kier molecular flexibility index (Phi) is 3.82. The summed E-state index contributed by atoms with van der Waals surface area (Å²) in [4.78, 5) is 1.37. The van der Waals surface area contributed by atoms with E-state index in [-0.39, 0.29) is 0 Å². The lowest BCUT2D eigenvalue weighted by Gasteiger charge is -2.17. The van der Waals surface area contributed by atoms with Crippen LogP contribution in [0.15, 0.2) is 35.7 Å². The van der Waals surface area contributed by atoms with Gasteiger partial charge in [-0.1, -0.05) is 18.2 Å². The molecule has 1 heterocycles. The second-order valence-electron chi connectivity index (χ2n) is 4.18. The van der Waals surface area contributed by atoms with Crippen molar-refractivity contribution in [3.05, 3.63) is 51.7 Å². The van der Waals surface area contributed by atoms with Crippen LogP contribution in [0.2, 0.25) is 0 Å². The monoisotopic (exact) mass is 246 g/mol. The summed E-state index contributed by atoms with van der Waals surface area (Å²) in [5.41, 5.74) is 9.45. The van der Waals surface area contributed by atoms with Gasteiger partial charge in [-0.15, -0.1) is 11.3 Å². The highest BCUT2D eigenvalue weighted by molar-refractivity contribution is 7.10. The molecule has 3 N–H and O–H groups in total. The third-order valence-corrected chi connectivity index (χ3v) is 3.96. The molecule has 90 valence electrons. The molecule has 0 fully saturated rings. The van der Waals surface area contributed by atoms with Crippen molar-refractivity contribution in [2.45, 2.75) is 19.4 Å². The van der Waals surface area contributed by atoms with Crippen LogP contribution >= 0.6 is 11.3 Å². The van der Waals surface area contributed by atoms with Gasteiger partial charge < -0.3 is 11.1 Å². The Bertz CT molecular complexity index is 490. The van der Waals surface area contributed by atoms with Crippen LogP contribution in [0.5, 0.6) is 0 Å². The molecule has 0 amide bonds. The molecule has 2 aromatic rings. The summed E-state index contributed by atoms with van der Waals surface area (Å²) in [6, 6.07) is 10.6. The van der Waals surface area contributed by atoms with E-state index in [0.29, 0.717) is 6.04 Å². The van der Waals surface area contributed by atoms with Gasteiger partial charge >= 0.3 is 0 Å². The number of aryl methyl sites for hydroxylation is 1. The van der Waals surface area contributed by atoms with E-state index < -0.39 is 0 Å². The molecular weight excluding hydrogens is 228 g/mol. The zero-order chi connectivity index (χ0) is 12.3. The maximum Gasteiger partial charge on any atom is 0.0370 e. The lowest BCUT2D eigenvalue weighted by atomic mass is 9.98. The first kappa shape index (κ1) is 12.1. The number of nitrogens with one attached hydrogen (secondary N) is 1. The second-order valence-corrected chi connectivity index (χ2v) is 5.30. The average molecular weight is 246 g/mol. The number of rotatable bonds is 4. The summed E-state index contributed by atoms with van der Waals surface area (Å²) in [6.07, 6.45) is 0.931. The number of nitrogens with two attached hydrogens (primary N) is 1. The molecule has 2 nitrogen and oxygen atoms in total. The van der Waals surface area contributed by atoms with Gasteiger partial charge in [0.2, 0.25) is 0 Å². The first-order chi connectivity index (χ1) is 8.22. The van der Waals surface area contributed by atoms with E-state index in [2.05, 4.69) is 29.8 Å². The van der Waals surface area contributed by atoms with Gasteiger partial charge in [-0.2, -0.15) is 0 Å². The van der Waals surface area contributed by atoms with Gasteiger partial charge in [-0.05, 0) is 49.0 Å². The number of thiophene rings is 1. The quantitative estimate of drug-likeness (QED) is 0.813. The van der Waals surface area contributed by atoms with Gasteiger partial charge in [-0.3, -0.25) is 0 Å². The summed E-state index contributed by atoms with van der Waals surface area (Å²) in [7, 11) is 2.00. The van der Waals surface area contributed by atoms with Crippen LogP contribution in [0.3, 0.4) is 0 Å². The van der Waals surface area contributed by atoms with Crippen LogP contribution in [0, 0.1) is 6.92 Å². The average Bonchev–Trinajstić information content (AvgIpc) is 2.75. The van der Waals surface area contributed by atoms with Gasteiger partial charge in [0.05, 0.1) is 0 Å². The first-order valence-electron chi connectivity index (χ1n) is 5.77. The molecule has 0 aliphatic carbocycles. The Hall–Kier alpha value is -1.32. The van der Waals surface area contributed by atoms with Crippen molar-refractivity contribution in [3.63, 3.8) is 0 Å². The van der Waals surface area contributed by atoms with Crippen molar-refractivity contribution < 1.29 is 0 Å². The fraction of sp³-hybridized carbons (Fsp3) is 0.286. The maximum absolute atomic E-state index is 5.99. The van der Waals surface area contributed by atoms with Crippen LogP contribution in [-0.2, 0) is 6.42 Å². The molecular formula is C14H18N2S. The van der Waals surface area contributed by atoms with E-state index in [4.69, 9.17) is 5.73 Å². The summed E-state index contributed by atoms with van der Waals surface area (Å²) >= 11 is 1.79. The molecule has 1 aromatic heterocycles. The molecule has 17 heavy (non-hydrogen) atoms. The fourth-order valence-corrected chi connectivity index (χ4v) is 2.83. The largest absolute Gasteiger partial charge is 0.399 e. The highest BCUT2D eigenvalue weighted by Gasteiger charge is 2.14. The predicted molar refractivity (Wildman–Crippen MR) is 75.4 cm³/mol. The molecule has 0 spiro atoms. The minimum atomic E-state index is 0.339. The van der Waals surface area contributed by atoms with E-state index in [1.54, 1.807) is 11.3 Å². The summed E-state index contributed by atoms with van der Waals surface area (Å²) < 4.78 is 0. The normalized spacial score (nSPS) is 12.6. The Morgan fingerprint density at radius 3 is 2.65 bits per heavy atom. The maximum atomic E-state index is 5.99. The number of hydrogen-bond donors (Lipinski definition) is 2. The molecule has 0 radical (unpaired) electrons. The minimum Gasteiger partial charge on any atom is -0.399 e. The Morgan fingerprint density at radius 1 is 1.29 bits per heavy atom. The second kappa shape index (κ2) is 5.34. The zero-order valence-corrected chi connectivity index (χ0v) is 11.1. The highest BCUT2D eigenvalue weighted by Crippen LogP contribution is 2.26. The summed E-state index contributed by atoms with van der Waals surface area (Å²) in [6.45, 7) is 2.17. The Labute approximate surface area is 106 Å². The molecule has 2 rings (SSSR count). The third-order valence-electron chi connectivity index (χ3n) is 3.10. The third kappa shape index (κ3) is 2.68. The van der Waals surface area contributed by atoms with E-state index >= 15 is 0 Å². The molecule has 0 saturated carbocycles. The number of hydrogen-bond acceptors (Lipinski definition) is 3. The smallest absolute Gasteiger partial charge is 0.0370 e. The molecule has 1 atom stereocenters. The zero-order valence-electron chi connectivity index (χ0n) is 10.2. The molecule has 0 saturated heterocycles. The lowest BCUT2D eigenvalue weighted by molar-refractivity contribution is 0.592.